The number of allylic oxidation sites excluding steroid dienone is 1. The highest BCUT2D eigenvalue weighted by molar-refractivity contribution is 9.11. The Morgan fingerprint density at radius 1 is 1.29 bits per heavy atom. The first kappa shape index (κ1) is 14.3. The first-order chi connectivity index (χ1) is 8.22. The van der Waals surface area contributed by atoms with E-state index in [0.717, 1.165) is 16.8 Å². The lowest BCUT2D eigenvalue weighted by Gasteiger charge is -2.05. The van der Waals surface area contributed by atoms with E-state index in [1.807, 2.05) is 18.2 Å². The van der Waals surface area contributed by atoms with E-state index in [9.17, 15) is 0 Å². The fourth-order valence-electron chi connectivity index (χ4n) is 1.62. The standard InChI is InChI=1S/C15H21BrO/c1-3-4-5-6-7-11-15(16)17-14-10-8-9-13(2)12-14/h8-12H,3-7H2,1-2H3/b15-11+. The Morgan fingerprint density at radius 3 is 2.82 bits per heavy atom. The van der Waals surface area contributed by atoms with E-state index >= 15 is 0 Å². The van der Waals surface area contributed by atoms with Gasteiger partial charge in [0, 0.05) is 0 Å². The van der Waals surface area contributed by atoms with Crippen LogP contribution in [0, 0.1) is 6.92 Å². The summed E-state index contributed by atoms with van der Waals surface area (Å²) < 4.78 is 6.50. The van der Waals surface area contributed by atoms with Crippen molar-refractivity contribution in [2.45, 2.75) is 46.0 Å². The van der Waals surface area contributed by atoms with Crippen molar-refractivity contribution in [2.24, 2.45) is 0 Å². The Labute approximate surface area is 113 Å². The summed E-state index contributed by atoms with van der Waals surface area (Å²) in [5.41, 5.74) is 1.21. The van der Waals surface area contributed by atoms with Gasteiger partial charge in [-0.05, 0) is 59.5 Å². The van der Waals surface area contributed by atoms with Crippen molar-refractivity contribution >= 4 is 15.9 Å². The minimum Gasteiger partial charge on any atom is -0.450 e. The molecule has 1 aromatic carbocycles. The molecule has 1 rings (SSSR count). The van der Waals surface area contributed by atoms with Crippen LogP contribution < -0.4 is 4.74 Å². The fraction of sp³-hybridized carbons (Fsp3) is 0.467. The zero-order valence-electron chi connectivity index (χ0n) is 10.7. The van der Waals surface area contributed by atoms with Gasteiger partial charge in [-0.1, -0.05) is 38.3 Å². The Hall–Kier alpha value is -0.760. The molecule has 0 spiro atoms. The van der Waals surface area contributed by atoms with Gasteiger partial charge in [0.15, 0.2) is 4.67 Å². The molecule has 0 fully saturated rings. The average molecular weight is 297 g/mol. The van der Waals surface area contributed by atoms with E-state index in [0.29, 0.717) is 0 Å². The third-order valence-electron chi connectivity index (χ3n) is 2.57. The minimum absolute atomic E-state index is 0.819. The molecule has 0 aliphatic rings. The van der Waals surface area contributed by atoms with Crippen molar-refractivity contribution in [1.29, 1.82) is 0 Å². The van der Waals surface area contributed by atoms with Gasteiger partial charge in [-0.3, -0.25) is 0 Å². The third-order valence-corrected chi connectivity index (χ3v) is 3.05. The second kappa shape index (κ2) is 8.35. The van der Waals surface area contributed by atoms with Crippen molar-refractivity contribution in [3.05, 3.63) is 40.6 Å². The molecule has 17 heavy (non-hydrogen) atoms. The summed E-state index contributed by atoms with van der Waals surface area (Å²) in [6, 6.07) is 8.08. The first-order valence-electron chi connectivity index (χ1n) is 6.32. The SMILES string of the molecule is CCCCCC/C=C(\Br)Oc1cccc(C)c1. The van der Waals surface area contributed by atoms with Crippen LogP contribution in [0.3, 0.4) is 0 Å². The number of aryl methyl sites for hydroxylation is 1. The maximum Gasteiger partial charge on any atom is 0.165 e. The lowest BCUT2D eigenvalue weighted by atomic mass is 10.1. The average Bonchev–Trinajstić information content (AvgIpc) is 2.29. The predicted molar refractivity (Wildman–Crippen MR) is 77.6 cm³/mol. The monoisotopic (exact) mass is 296 g/mol. The molecule has 0 aliphatic heterocycles. The van der Waals surface area contributed by atoms with Gasteiger partial charge in [-0.25, -0.2) is 0 Å². The summed E-state index contributed by atoms with van der Waals surface area (Å²) in [5.74, 6) is 0.890. The highest BCUT2D eigenvalue weighted by Gasteiger charge is 1.96. The Balaban J connectivity index is 2.33. The molecular formula is C15H21BrO. The Kier molecular flexibility index (Phi) is 7.02. The van der Waals surface area contributed by atoms with E-state index in [2.05, 4.69) is 41.9 Å². The highest BCUT2D eigenvalue weighted by Crippen LogP contribution is 2.19. The van der Waals surface area contributed by atoms with Crippen molar-refractivity contribution in [1.82, 2.24) is 0 Å². The molecule has 0 radical (unpaired) electrons. The minimum atomic E-state index is 0.819. The number of benzene rings is 1. The lowest BCUT2D eigenvalue weighted by Crippen LogP contribution is -1.88. The molecule has 2 heteroatoms. The molecule has 1 nitrogen and oxygen atoms in total. The van der Waals surface area contributed by atoms with Crippen LogP contribution in [-0.2, 0) is 0 Å². The molecule has 0 N–H and O–H groups in total. The number of hydrogen-bond acceptors (Lipinski definition) is 1. The van der Waals surface area contributed by atoms with Gasteiger partial charge in [-0.15, -0.1) is 0 Å². The summed E-state index contributed by atoms with van der Waals surface area (Å²) in [7, 11) is 0. The maximum absolute atomic E-state index is 5.68. The third kappa shape index (κ3) is 6.52. The van der Waals surface area contributed by atoms with Crippen molar-refractivity contribution in [3.63, 3.8) is 0 Å². The van der Waals surface area contributed by atoms with Gasteiger partial charge in [0.1, 0.15) is 5.75 Å². The quantitative estimate of drug-likeness (QED) is 0.471. The van der Waals surface area contributed by atoms with Crippen LogP contribution >= 0.6 is 15.9 Å². The molecule has 0 unspecified atom stereocenters. The van der Waals surface area contributed by atoms with E-state index in [1.54, 1.807) is 0 Å². The van der Waals surface area contributed by atoms with Gasteiger partial charge in [-0.2, -0.15) is 0 Å². The second-order valence-corrected chi connectivity index (χ2v) is 5.06. The molecule has 1 aromatic rings. The number of halogens is 1. The topological polar surface area (TPSA) is 9.23 Å². The largest absolute Gasteiger partial charge is 0.450 e. The van der Waals surface area contributed by atoms with Crippen LogP contribution in [0.5, 0.6) is 5.75 Å². The van der Waals surface area contributed by atoms with Gasteiger partial charge >= 0.3 is 0 Å². The Morgan fingerprint density at radius 2 is 2.12 bits per heavy atom. The number of rotatable bonds is 7. The van der Waals surface area contributed by atoms with Gasteiger partial charge in [0.2, 0.25) is 0 Å². The second-order valence-electron chi connectivity index (χ2n) is 4.28. The van der Waals surface area contributed by atoms with Crippen LogP contribution in [0.15, 0.2) is 35.0 Å². The van der Waals surface area contributed by atoms with Gasteiger partial charge in [0.25, 0.3) is 0 Å². The molecule has 0 atom stereocenters. The molecule has 0 saturated heterocycles. The molecule has 0 saturated carbocycles. The predicted octanol–water partition coefficient (Wildman–Crippen LogP) is 5.58. The van der Waals surface area contributed by atoms with Crippen LogP contribution in [-0.4, -0.2) is 0 Å². The first-order valence-corrected chi connectivity index (χ1v) is 7.12. The van der Waals surface area contributed by atoms with Crippen LogP contribution in [0.25, 0.3) is 0 Å². The van der Waals surface area contributed by atoms with Crippen LogP contribution in [0.4, 0.5) is 0 Å². The zero-order chi connectivity index (χ0) is 12.5. The molecule has 0 heterocycles. The van der Waals surface area contributed by atoms with E-state index < -0.39 is 0 Å². The van der Waals surface area contributed by atoms with Crippen molar-refractivity contribution < 1.29 is 4.74 Å². The molecule has 0 aliphatic carbocycles. The van der Waals surface area contributed by atoms with Crippen molar-refractivity contribution in [3.8, 4) is 5.75 Å². The lowest BCUT2D eigenvalue weighted by molar-refractivity contribution is 0.465. The fourth-order valence-corrected chi connectivity index (χ4v) is 2.04. The zero-order valence-corrected chi connectivity index (χ0v) is 12.3. The van der Waals surface area contributed by atoms with Crippen LogP contribution in [0.1, 0.15) is 44.6 Å². The van der Waals surface area contributed by atoms with Gasteiger partial charge < -0.3 is 4.74 Å². The Bertz CT molecular complexity index is 358. The summed E-state index contributed by atoms with van der Waals surface area (Å²) in [5, 5.41) is 0. The molecule has 0 bridgehead atoms. The van der Waals surface area contributed by atoms with Crippen LogP contribution in [0.2, 0.25) is 0 Å². The summed E-state index contributed by atoms with van der Waals surface area (Å²) >= 11 is 3.45. The highest BCUT2D eigenvalue weighted by atomic mass is 79.9. The molecule has 0 amide bonds. The van der Waals surface area contributed by atoms with E-state index in [4.69, 9.17) is 4.74 Å². The van der Waals surface area contributed by atoms with E-state index in [-0.39, 0.29) is 0 Å². The number of ether oxygens (including phenoxy) is 1. The number of unbranched alkanes of at least 4 members (excludes halogenated alkanes) is 4. The summed E-state index contributed by atoms with van der Waals surface area (Å²) in [6.07, 6.45) is 8.33. The summed E-state index contributed by atoms with van der Waals surface area (Å²) in [4.78, 5) is 0. The molecular weight excluding hydrogens is 276 g/mol. The molecule has 0 aromatic heterocycles. The van der Waals surface area contributed by atoms with Gasteiger partial charge in [0.05, 0.1) is 0 Å². The maximum atomic E-state index is 5.68. The normalized spacial score (nSPS) is 11.6. The molecule has 94 valence electrons. The van der Waals surface area contributed by atoms with Crippen molar-refractivity contribution in [2.75, 3.05) is 0 Å². The summed E-state index contributed by atoms with van der Waals surface area (Å²) in [6.45, 7) is 4.29. The smallest absolute Gasteiger partial charge is 0.165 e. The van der Waals surface area contributed by atoms with E-state index in [1.165, 1.54) is 31.2 Å². The number of hydrogen-bond donors (Lipinski definition) is 0.